The van der Waals surface area contributed by atoms with Gasteiger partial charge in [-0.25, -0.2) is 4.79 Å². The summed E-state index contributed by atoms with van der Waals surface area (Å²) >= 11 is 0. The minimum atomic E-state index is -0.960. The lowest BCUT2D eigenvalue weighted by atomic mass is 9.92. The van der Waals surface area contributed by atoms with Crippen LogP contribution in [0.2, 0.25) is 0 Å². The lowest BCUT2D eigenvalue weighted by molar-refractivity contribution is -0.119. The Morgan fingerprint density at radius 1 is 1.44 bits per heavy atom. The fraction of sp³-hybridized carbons (Fsp3) is 0.385. The zero-order valence-corrected chi connectivity index (χ0v) is 10.4. The SMILES string of the molecule is CC(=O)N[C@H]1C[C@@H](C)Nc2ccc(C(=O)O)cc21. The van der Waals surface area contributed by atoms with Crippen molar-refractivity contribution in [2.75, 3.05) is 5.32 Å². The third-order valence-electron chi connectivity index (χ3n) is 3.04. The molecule has 1 amide bonds. The van der Waals surface area contributed by atoms with Crippen molar-refractivity contribution in [1.82, 2.24) is 5.32 Å². The minimum Gasteiger partial charge on any atom is -0.478 e. The number of hydrogen-bond acceptors (Lipinski definition) is 3. The average molecular weight is 248 g/mol. The highest BCUT2D eigenvalue weighted by Crippen LogP contribution is 2.33. The van der Waals surface area contributed by atoms with Gasteiger partial charge in [0.2, 0.25) is 5.91 Å². The quantitative estimate of drug-likeness (QED) is 0.745. The highest BCUT2D eigenvalue weighted by atomic mass is 16.4. The summed E-state index contributed by atoms with van der Waals surface area (Å²) in [6.07, 6.45) is 0.746. The molecule has 5 nitrogen and oxygen atoms in total. The van der Waals surface area contributed by atoms with Gasteiger partial charge in [-0.05, 0) is 37.1 Å². The number of rotatable bonds is 2. The standard InChI is InChI=1S/C13H16N2O3/c1-7-5-12(15-8(2)16)10-6-9(13(17)18)3-4-11(10)14-7/h3-4,6-7,12,14H,5H2,1-2H3,(H,15,16)(H,17,18)/t7-,12+/m1/s1. The van der Waals surface area contributed by atoms with Crippen molar-refractivity contribution < 1.29 is 14.7 Å². The molecule has 0 bridgehead atoms. The summed E-state index contributed by atoms with van der Waals surface area (Å²) < 4.78 is 0. The van der Waals surface area contributed by atoms with Gasteiger partial charge in [0.05, 0.1) is 11.6 Å². The molecule has 0 saturated carbocycles. The molecule has 0 fully saturated rings. The number of carbonyl (C=O) groups excluding carboxylic acids is 1. The van der Waals surface area contributed by atoms with Crippen LogP contribution in [0.5, 0.6) is 0 Å². The molecule has 5 heteroatoms. The topological polar surface area (TPSA) is 78.4 Å². The summed E-state index contributed by atoms with van der Waals surface area (Å²) in [7, 11) is 0. The van der Waals surface area contributed by atoms with E-state index >= 15 is 0 Å². The molecule has 0 spiro atoms. The van der Waals surface area contributed by atoms with Crippen LogP contribution in [-0.4, -0.2) is 23.0 Å². The van der Waals surface area contributed by atoms with Crippen LogP contribution >= 0.6 is 0 Å². The molecule has 1 aliphatic heterocycles. The smallest absolute Gasteiger partial charge is 0.335 e. The van der Waals surface area contributed by atoms with Crippen molar-refractivity contribution in [3.63, 3.8) is 0 Å². The Balaban J connectivity index is 2.40. The van der Waals surface area contributed by atoms with E-state index in [1.165, 1.54) is 6.92 Å². The first-order chi connectivity index (χ1) is 8.47. The summed E-state index contributed by atoms with van der Waals surface area (Å²) in [4.78, 5) is 22.2. The van der Waals surface area contributed by atoms with E-state index in [0.717, 1.165) is 17.7 Å². The van der Waals surface area contributed by atoms with Crippen molar-refractivity contribution in [1.29, 1.82) is 0 Å². The third kappa shape index (κ3) is 2.45. The second-order valence-corrected chi connectivity index (χ2v) is 4.64. The second kappa shape index (κ2) is 4.68. The summed E-state index contributed by atoms with van der Waals surface area (Å²) in [6, 6.07) is 5.05. The van der Waals surface area contributed by atoms with E-state index in [-0.39, 0.29) is 23.6 Å². The number of carboxylic acids is 1. The fourth-order valence-electron chi connectivity index (χ4n) is 2.30. The number of anilines is 1. The van der Waals surface area contributed by atoms with E-state index < -0.39 is 5.97 Å². The first kappa shape index (κ1) is 12.4. The van der Waals surface area contributed by atoms with Gasteiger partial charge in [-0.1, -0.05) is 0 Å². The van der Waals surface area contributed by atoms with E-state index in [4.69, 9.17) is 5.11 Å². The van der Waals surface area contributed by atoms with Gasteiger partial charge < -0.3 is 15.7 Å². The summed E-state index contributed by atoms with van der Waals surface area (Å²) in [6.45, 7) is 3.50. The number of amides is 1. The predicted octanol–water partition coefficient (Wildman–Crippen LogP) is 1.77. The van der Waals surface area contributed by atoms with Gasteiger partial charge in [-0.3, -0.25) is 4.79 Å². The fourth-order valence-corrected chi connectivity index (χ4v) is 2.30. The van der Waals surface area contributed by atoms with E-state index in [0.29, 0.717) is 0 Å². The Kier molecular flexibility index (Phi) is 3.23. The Morgan fingerprint density at radius 2 is 2.17 bits per heavy atom. The second-order valence-electron chi connectivity index (χ2n) is 4.64. The first-order valence-electron chi connectivity index (χ1n) is 5.88. The molecule has 2 atom stereocenters. The molecule has 0 saturated heterocycles. The maximum atomic E-state index is 11.2. The average Bonchev–Trinajstić information content (AvgIpc) is 2.27. The zero-order chi connectivity index (χ0) is 13.3. The van der Waals surface area contributed by atoms with Crippen LogP contribution in [0.25, 0.3) is 0 Å². The molecule has 1 aromatic rings. The molecule has 0 radical (unpaired) electrons. The molecule has 96 valence electrons. The van der Waals surface area contributed by atoms with E-state index in [1.54, 1.807) is 18.2 Å². The number of hydrogen-bond donors (Lipinski definition) is 3. The largest absolute Gasteiger partial charge is 0.478 e. The lowest BCUT2D eigenvalue weighted by Gasteiger charge is -2.31. The number of nitrogens with one attached hydrogen (secondary N) is 2. The molecule has 2 rings (SSSR count). The zero-order valence-electron chi connectivity index (χ0n) is 10.4. The van der Waals surface area contributed by atoms with Crippen LogP contribution < -0.4 is 10.6 Å². The Labute approximate surface area is 105 Å². The number of fused-ring (bicyclic) bond motifs is 1. The Hall–Kier alpha value is -2.04. The van der Waals surface area contributed by atoms with Crippen LogP contribution in [0.1, 0.15) is 42.2 Å². The predicted molar refractivity (Wildman–Crippen MR) is 67.7 cm³/mol. The van der Waals surface area contributed by atoms with Crippen molar-refractivity contribution >= 4 is 17.6 Å². The van der Waals surface area contributed by atoms with E-state index in [2.05, 4.69) is 10.6 Å². The molecule has 3 N–H and O–H groups in total. The third-order valence-corrected chi connectivity index (χ3v) is 3.04. The normalized spacial score (nSPS) is 21.7. The van der Waals surface area contributed by atoms with E-state index in [1.807, 2.05) is 6.92 Å². The van der Waals surface area contributed by atoms with Crippen molar-refractivity contribution in [3.05, 3.63) is 29.3 Å². The Morgan fingerprint density at radius 3 is 2.78 bits per heavy atom. The highest BCUT2D eigenvalue weighted by Gasteiger charge is 2.25. The van der Waals surface area contributed by atoms with Crippen LogP contribution in [0.3, 0.4) is 0 Å². The molecule has 0 unspecified atom stereocenters. The number of aromatic carboxylic acids is 1. The van der Waals surface area contributed by atoms with Gasteiger partial charge in [-0.2, -0.15) is 0 Å². The van der Waals surface area contributed by atoms with Crippen LogP contribution in [0.15, 0.2) is 18.2 Å². The molecule has 1 heterocycles. The van der Waals surface area contributed by atoms with Gasteiger partial charge in [-0.15, -0.1) is 0 Å². The first-order valence-corrected chi connectivity index (χ1v) is 5.88. The van der Waals surface area contributed by atoms with Crippen molar-refractivity contribution in [2.24, 2.45) is 0 Å². The van der Waals surface area contributed by atoms with Crippen LogP contribution in [0.4, 0.5) is 5.69 Å². The lowest BCUT2D eigenvalue weighted by Crippen LogP contribution is -2.35. The minimum absolute atomic E-state index is 0.110. The monoisotopic (exact) mass is 248 g/mol. The summed E-state index contributed by atoms with van der Waals surface area (Å²) in [5.41, 5.74) is 1.96. The molecule has 18 heavy (non-hydrogen) atoms. The van der Waals surface area contributed by atoms with Gasteiger partial charge >= 0.3 is 5.97 Å². The van der Waals surface area contributed by atoms with Crippen molar-refractivity contribution in [2.45, 2.75) is 32.4 Å². The van der Waals surface area contributed by atoms with Gasteiger partial charge in [0, 0.05) is 18.7 Å². The summed E-state index contributed by atoms with van der Waals surface area (Å²) in [5.74, 6) is -1.07. The van der Waals surface area contributed by atoms with Gasteiger partial charge in [0.15, 0.2) is 0 Å². The number of carboxylic acid groups (broad SMARTS) is 1. The van der Waals surface area contributed by atoms with Gasteiger partial charge in [0.1, 0.15) is 0 Å². The van der Waals surface area contributed by atoms with Crippen molar-refractivity contribution in [3.8, 4) is 0 Å². The molecule has 0 aromatic heterocycles. The number of benzene rings is 1. The van der Waals surface area contributed by atoms with Crippen LogP contribution in [-0.2, 0) is 4.79 Å². The molecule has 1 aliphatic rings. The molecule has 0 aliphatic carbocycles. The van der Waals surface area contributed by atoms with Crippen LogP contribution in [0, 0.1) is 0 Å². The highest BCUT2D eigenvalue weighted by molar-refractivity contribution is 5.89. The van der Waals surface area contributed by atoms with E-state index in [9.17, 15) is 9.59 Å². The Bertz CT molecular complexity index is 499. The summed E-state index contributed by atoms with van der Waals surface area (Å²) in [5, 5.41) is 15.1. The maximum absolute atomic E-state index is 11.2. The molecular formula is C13H16N2O3. The van der Waals surface area contributed by atoms with Gasteiger partial charge in [0.25, 0.3) is 0 Å². The molecular weight excluding hydrogens is 232 g/mol. The number of carbonyl (C=O) groups is 2. The maximum Gasteiger partial charge on any atom is 0.335 e. The molecule has 1 aromatic carbocycles.